The number of thiophene rings is 1. The normalized spacial score (nSPS) is 18.2. The van der Waals surface area contributed by atoms with Crippen molar-refractivity contribution >= 4 is 33.3 Å². The summed E-state index contributed by atoms with van der Waals surface area (Å²) in [6.45, 7) is 1.67. The van der Waals surface area contributed by atoms with Gasteiger partial charge in [-0.15, -0.1) is 11.3 Å². The molecule has 24 heavy (non-hydrogen) atoms. The van der Waals surface area contributed by atoms with Gasteiger partial charge in [-0.25, -0.2) is 9.97 Å². The van der Waals surface area contributed by atoms with Crippen LogP contribution in [0.4, 0.5) is 5.82 Å². The molecule has 0 aliphatic carbocycles. The SMILES string of the molecule is O=C(O)Cn1nccc1[C@H]1CCCN(c2ncnc3ccsc23)C1. The lowest BCUT2D eigenvalue weighted by Gasteiger charge is -2.33. The van der Waals surface area contributed by atoms with Gasteiger partial charge in [-0.3, -0.25) is 9.48 Å². The van der Waals surface area contributed by atoms with E-state index in [0.717, 1.165) is 47.7 Å². The van der Waals surface area contributed by atoms with Crippen LogP contribution in [0.3, 0.4) is 0 Å². The van der Waals surface area contributed by atoms with Gasteiger partial charge in [-0.2, -0.15) is 5.10 Å². The lowest BCUT2D eigenvalue weighted by molar-refractivity contribution is -0.137. The van der Waals surface area contributed by atoms with E-state index in [1.54, 1.807) is 28.5 Å². The summed E-state index contributed by atoms with van der Waals surface area (Å²) in [6.07, 6.45) is 5.36. The number of piperidine rings is 1. The number of hydrogen-bond donors (Lipinski definition) is 1. The van der Waals surface area contributed by atoms with E-state index in [4.69, 9.17) is 5.11 Å². The van der Waals surface area contributed by atoms with E-state index < -0.39 is 5.97 Å². The van der Waals surface area contributed by atoms with E-state index in [-0.39, 0.29) is 12.5 Å². The van der Waals surface area contributed by atoms with E-state index in [2.05, 4.69) is 20.0 Å². The quantitative estimate of drug-likeness (QED) is 0.783. The van der Waals surface area contributed by atoms with Crippen LogP contribution in [0.5, 0.6) is 0 Å². The maximum absolute atomic E-state index is 11.0. The lowest BCUT2D eigenvalue weighted by atomic mass is 9.94. The van der Waals surface area contributed by atoms with Gasteiger partial charge in [-0.05, 0) is 30.4 Å². The van der Waals surface area contributed by atoms with Gasteiger partial charge >= 0.3 is 5.97 Å². The van der Waals surface area contributed by atoms with Gasteiger partial charge < -0.3 is 10.0 Å². The Kier molecular flexibility index (Phi) is 3.89. The minimum absolute atomic E-state index is 0.0957. The van der Waals surface area contributed by atoms with E-state index in [9.17, 15) is 4.79 Å². The molecule has 1 atom stereocenters. The lowest BCUT2D eigenvalue weighted by Crippen LogP contribution is -2.36. The van der Waals surface area contributed by atoms with Crippen molar-refractivity contribution in [2.45, 2.75) is 25.3 Å². The first-order valence-corrected chi connectivity index (χ1v) is 8.77. The van der Waals surface area contributed by atoms with Crippen LogP contribution < -0.4 is 4.90 Å². The first kappa shape index (κ1) is 15.1. The van der Waals surface area contributed by atoms with E-state index in [0.29, 0.717) is 0 Å². The topological polar surface area (TPSA) is 84.1 Å². The molecule has 3 aromatic rings. The summed E-state index contributed by atoms with van der Waals surface area (Å²) in [4.78, 5) is 22.1. The Balaban J connectivity index is 1.61. The zero-order valence-corrected chi connectivity index (χ0v) is 13.8. The zero-order chi connectivity index (χ0) is 16.5. The molecule has 7 nitrogen and oxygen atoms in total. The molecule has 1 fully saturated rings. The summed E-state index contributed by atoms with van der Waals surface area (Å²) in [7, 11) is 0. The van der Waals surface area contributed by atoms with Crippen LogP contribution >= 0.6 is 11.3 Å². The molecular weight excluding hydrogens is 326 g/mol. The Morgan fingerprint density at radius 3 is 3.17 bits per heavy atom. The number of aliphatic carboxylic acids is 1. The molecule has 0 unspecified atom stereocenters. The highest BCUT2D eigenvalue weighted by atomic mass is 32.1. The number of carboxylic acids is 1. The highest BCUT2D eigenvalue weighted by Crippen LogP contribution is 2.33. The molecule has 0 bridgehead atoms. The number of carbonyl (C=O) groups is 1. The molecular formula is C16H17N5O2S. The molecule has 0 aromatic carbocycles. The molecule has 0 spiro atoms. The predicted molar refractivity (Wildman–Crippen MR) is 91.5 cm³/mol. The number of carboxylic acid groups (broad SMARTS) is 1. The number of hydrogen-bond acceptors (Lipinski definition) is 6. The molecule has 1 saturated heterocycles. The number of aromatic nitrogens is 4. The Morgan fingerprint density at radius 2 is 2.29 bits per heavy atom. The minimum Gasteiger partial charge on any atom is -0.480 e. The third-order valence-corrected chi connectivity index (χ3v) is 5.30. The summed E-state index contributed by atoms with van der Waals surface area (Å²) in [5.41, 5.74) is 1.96. The second-order valence-electron chi connectivity index (χ2n) is 5.92. The van der Waals surface area contributed by atoms with Crippen LogP contribution in [-0.2, 0) is 11.3 Å². The second-order valence-corrected chi connectivity index (χ2v) is 6.84. The third kappa shape index (κ3) is 2.73. The van der Waals surface area contributed by atoms with Crippen LogP contribution in [0.2, 0.25) is 0 Å². The summed E-state index contributed by atoms with van der Waals surface area (Å²) >= 11 is 1.66. The molecule has 0 saturated carbocycles. The maximum atomic E-state index is 11.0. The van der Waals surface area contributed by atoms with Crippen molar-refractivity contribution in [1.29, 1.82) is 0 Å². The van der Waals surface area contributed by atoms with E-state index in [1.165, 1.54) is 0 Å². The Hall–Kier alpha value is -2.48. The molecule has 4 heterocycles. The largest absolute Gasteiger partial charge is 0.480 e. The number of anilines is 1. The van der Waals surface area contributed by atoms with Crippen LogP contribution in [0.15, 0.2) is 30.0 Å². The van der Waals surface area contributed by atoms with Gasteiger partial charge in [0, 0.05) is 30.9 Å². The van der Waals surface area contributed by atoms with Crippen molar-refractivity contribution < 1.29 is 9.90 Å². The first-order valence-electron chi connectivity index (χ1n) is 7.89. The fourth-order valence-corrected chi connectivity index (χ4v) is 4.22. The molecule has 1 aliphatic heterocycles. The monoisotopic (exact) mass is 343 g/mol. The minimum atomic E-state index is -0.872. The average molecular weight is 343 g/mol. The Bertz CT molecular complexity index is 874. The van der Waals surface area contributed by atoms with Crippen molar-refractivity contribution in [3.63, 3.8) is 0 Å². The maximum Gasteiger partial charge on any atom is 0.325 e. The van der Waals surface area contributed by atoms with Crippen LogP contribution in [-0.4, -0.2) is 43.9 Å². The van der Waals surface area contributed by atoms with Crippen molar-refractivity contribution in [2.75, 3.05) is 18.0 Å². The molecule has 1 N–H and O–H groups in total. The summed E-state index contributed by atoms with van der Waals surface area (Å²) < 4.78 is 2.70. The third-order valence-electron chi connectivity index (χ3n) is 4.40. The summed E-state index contributed by atoms with van der Waals surface area (Å²) in [5.74, 6) is 0.360. The van der Waals surface area contributed by atoms with Crippen LogP contribution in [0.1, 0.15) is 24.5 Å². The second kappa shape index (κ2) is 6.20. The zero-order valence-electron chi connectivity index (χ0n) is 13.0. The molecule has 8 heteroatoms. The smallest absolute Gasteiger partial charge is 0.325 e. The standard InChI is InChI=1S/C16H17N5O2S/c22-14(23)9-21-13(3-5-19-21)11-2-1-6-20(8-11)16-15-12(4-7-24-15)17-10-18-16/h3-5,7,10-11H,1-2,6,8-9H2,(H,22,23)/t11-/m0/s1. The molecule has 0 amide bonds. The number of rotatable bonds is 4. The summed E-state index contributed by atoms with van der Waals surface area (Å²) in [6, 6.07) is 3.94. The highest BCUT2D eigenvalue weighted by Gasteiger charge is 2.26. The summed E-state index contributed by atoms with van der Waals surface area (Å²) in [5, 5.41) is 15.2. The molecule has 3 aromatic heterocycles. The number of fused-ring (bicyclic) bond motifs is 1. The number of nitrogens with zero attached hydrogens (tertiary/aromatic N) is 5. The van der Waals surface area contributed by atoms with Crippen LogP contribution in [0.25, 0.3) is 10.2 Å². The molecule has 124 valence electrons. The first-order chi connectivity index (χ1) is 11.7. The predicted octanol–water partition coefficient (Wildman–Crippen LogP) is 2.36. The molecule has 4 rings (SSSR count). The van der Waals surface area contributed by atoms with E-state index in [1.807, 2.05) is 17.5 Å². The Morgan fingerprint density at radius 1 is 1.38 bits per heavy atom. The van der Waals surface area contributed by atoms with Crippen molar-refractivity contribution in [3.8, 4) is 0 Å². The van der Waals surface area contributed by atoms with E-state index >= 15 is 0 Å². The Labute approximate surface area is 142 Å². The molecule has 0 radical (unpaired) electrons. The highest BCUT2D eigenvalue weighted by molar-refractivity contribution is 7.17. The van der Waals surface area contributed by atoms with Gasteiger partial charge in [0.2, 0.25) is 0 Å². The fraction of sp³-hybridized carbons (Fsp3) is 0.375. The fourth-order valence-electron chi connectivity index (χ4n) is 3.36. The molecule has 1 aliphatic rings. The average Bonchev–Trinajstić information content (AvgIpc) is 3.23. The van der Waals surface area contributed by atoms with Gasteiger partial charge in [0.25, 0.3) is 0 Å². The van der Waals surface area contributed by atoms with Crippen LogP contribution in [0, 0.1) is 0 Å². The van der Waals surface area contributed by atoms with Gasteiger partial charge in [0.15, 0.2) is 0 Å². The van der Waals surface area contributed by atoms with Gasteiger partial charge in [-0.1, -0.05) is 0 Å². The van der Waals surface area contributed by atoms with Gasteiger partial charge in [0.05, 0.1) is 10.2 Å². The van der Waals surface area contributed by atoms with Crippen molar-refractivity contribution in [1.82, 2.24) is 19.7 Å². The van der Waals surface area contributed by atoms with Crippen molar-refractivity contribution in [3.05, 3.63) is 35.7 Å². The van der Waals surface area contributed by atoms with Crippen molar-refractivity contribution in [2.24, 2.45) is 0 Å². The van der Waals surface area contributed by atoms with Gasteiger partial charge in [0.1, 0.15) is 18.7 Å².